The molecule has 0 saturated heterocycles. The monoisotopic (exact) mass is 558 g/mol. The van der Waals surface area contributed by atoms with Gasteiger partial charge in [0.15, 0.2) is 0 Å². The molecule has 11 nitrogen and oxygen atoms in total. The molecule has 4 rings (SSSR count). The van der Waals surface area contributed by atoms with Crippen molar-refractivity contribution in [1.82, 2.24) is 19.0 Å². The quantitative estimate of drug-likeness (QED) is 0.464. The lowest BCUT2D eigenvalue weighted by molar-refractivity contribution is -0.121. The number of carbonyl (C=O) groups is 2. The van der Waals surface area contributed by atoms with Crippen LogP contribution in [0.25, 0.3) is 0 Å². The van der Waals surface area contributed by atoms with E-state index in [0.717, 1.165) is 21.9 Å². The molecule has 0 spiro atoms. The number of benzene rings is 2. The number of hydrogen-bond donors (Lipinski definition) is 2. The zero-order chi connectivity index (χ0) is 27.8. The third kappa shape index (κ3) is 5.38. The van der Waals surface area contributed by atoms with Crippen LogP contribution in [-0.4, -0.2) is 38.2 Å². The SMILES string of the molecule is Cc1ccc(S(=O)(=O)NC(=O)c2cnc3n(c2=O)C(C)CCC3C(=O)NS(=O)(=O)c2ccc(C)cc2)cc1. The van der Waals surface area contributed by atoms with Crippen molar-refractivity contribution in [2.24, 2.45) is 0 Å². The number of aromatic nitrogens is 2. The molecule has 3 aromatic rings. The van der Waals surface area contributed by atoms with Crippen LogP contribution in [0.1, 0.15) is 59.0 Å². The second kappa shape index (κ2) is 10.1. The van der Waals surface area contributed by atoms with E-state index in [2.05, 4.69) is 4.98 Å². The minimum absolute atomic E-state index is 0.0108. The Labute approximate surface area is 220 Å². The Morgan fingerprint density at radius 1 is 0.842 bits per heavy atom. The van der Waals surface area contributed by atoms with E-state index < -0.39 is 54.9 Å². The number of hydrogen-bond acceptors (Lipinski definition) is 8. The molecule has 2 atom stereocenters. The van der Waals surface area contributed by atoms with Gasteiger partial charge in [0.1, 0.15) is 11.4 Å². The minimum Gasteiger partial charge on any atom is -0.292 e. The zero-order valence-corrected chi connectivity index (χ0v) is 22.5. The lowest BCUT2D eigenvalue weighted by Crippen LogP contribution is -2.43. The molecular formula is C25H26N4O7S2. The summed E-state index contributed by atoms with van der Waals surface area (Å²) in [5.74, 6) is -3.12. The van der Waals surface area contributed by atoms with E-state index in [4.69, 9.17) is 0 Å². The van der Waals surface area contributed by atoms with Gasteiger partial charge in [-0.1, -0.05) is 35.4 Å². The molecule has 1 aliphatic heterocycles. The smallest absolute Gasteiger partial charge is 0.272 e. The van der Waals surface area contributed by atoms with E-state index in [1.807, 2.05) is 9.44 Å². The fourth-order valence-electron chi connectivity index (χ4n) is 4.17. The van der Waals surface area contributed by atoms with E-state index in [9.17, 15) is 31.2 Å². The summed E-state index contributed by atoms with van der Waals surface area (Å²) in [7, 11) is -8.42. The molecule has 0 fully saturated rings. The number of carbonyl (C=O) groups excluding carboxylic acids is 2. The van der Waals surface area contributed by atoms with E-state index >= 15 is 0 Å². The Morgan fingerprint density at radius 3 is 1.87 bits per heavy atom. The van der Waals surface area contributed by atoms with Gasteiger partial charge in [0.05, 0.1) is 15.7 Å². The van der Waals surface area contributed by atoms with Crippen LogP contribution in [-0.2, 0) is 24.8 Å². The number of sulfonamides is 2. The van der Waals surface area contributed by atoms with Crippen LogP contribution in [0.3, 0.4) is 0 Å². The van der Waals surface area contributed by atoms with Crippen molar-refractivity contribution in [3.8, 4) is 0 Å². The highest BCUT2D eigenvalue weighted by molar-refractivity contribution is 7.90. The molecule has 1 aromatic heterocycles. The maximum Gasteiger partial charge on any atom is 0.272 e. The predicted molar refractivity (Wildman–Crippen MR) is 138 cm³/mol. The van der Waals surface area contributed by atoms with Gasteiger partial charge in [0.25, 0.3) is 31.5 Å². The molecular weight excluding hydrogens is 532 g/mol. The maximum atomic E-state index is 13.3. The van der Waals surface area contributed by atoms with Crippen molar-refractivity contribution in [3.05, 3.63) is 87.6 Å². The molecule has 0 radical (unpaired) electrons. The standard InChI is InChI=1S/C25H26N4O7S2/c1-15-4-9-18(10-5-15)37(33,34)27-23(30)20-13-8-17(3)29-22(20)26-14-21(25(29)32)24(31)28-38(35,36)19-11-6-16(2)7-12-19/h4-7,9-12,14,17,20H,8,13H2,1-3H3,(H,27,30)(H,28,31). The molecule has 0 bridgehead atoms. The molecule has 2 N–H and O–H groups in total. The summed E-state index contributed by atoms with van der Waals surface area (Å²) in [6.07, 6.45) is 1.45. The Hall–Kier alpha value is -3.84. The lowest BCUT2D eigenvalue weighted by Gasteiger charge is -2.29. The van der Waals surface area contributed by atoms with Crippen molar-refractivity contribution in [2.45, 2.75) is 55.4 Å². The number of aryl methyl sites for hydroxylation is 2. The number of fused-ring (bicyclic) bond motifs is 1. The van der Waals surface area contributed by atoms with Crippen LogP contribution in [0.5, 0.6) is 0 Å². The highest BCUT2D eigenvalue weighted by Gasteiger charge is 2.35. The molecule has 38 heavy (non-hydrogen) atoms. The van der Waals surface area contributed by atoms with Crippen LogP contribution in [0.15, 0.2) is 69.3 Å². The first-order chi connectivity index (χ1) is 17.8. The molecule has 2 heterocycles. The summed E-state index contributed by atoms with van der Waals surface area (Å²) in [6.45, 7) is 5.26. The van der Waals surface area contributed by atoms with Crippen molar-refractivity contribution in [2.75, 3.05) is 0 Å². The van der Waals surface area contributed by atoms with Crippen LogP contribution in [0.4, 0.5) is 0 Å². The summed E-state index contributed by atoms with van der Waals surface area (Å²) in [6, 6.07) is 11.3. The van der Waals surface area contributed by atoms with Crippen molar-refractivity contribution < 1.29 is 26.4 Å². The van der Waals surface area contributed by atoms with Gasteiger partial charge in [0.2, 0.25) is 5.91 Å². The normalized spacial score (nSPS) is 17.3. The highest BCUT2D eigenvalue weighted by Crippen LogP contribution is 2.31. The third-order valence-electron chi connectivity index (χ3n) is 6.33. The van der Waals surface area contributed by atoms with Crippen LogP contribution >= 0.6 is 0 Å². The molecule has 2 aromatic carbocycles. The van der Waals surface area contributed by atoms with Gasteiger partial charge in [-0.3, -0.25) is 19.0 Å². The largest absolute Gasteiger partial charge is 0.292 e. The first-order valence-corrected chi connectivity index (χ1v) is 14.7. The number of rotatable bonds is 6. The Bertz CT molecular complexity index is 1680. The second-order valence-electron chi connectivity index (χ2n) is 9.21. The predicted octanol–water partition coefficient (Wildman–Crippen LogP) is 1.92. The van der Waals surface area contributed by atoms with E-state index in [1.54, 1.807) is 45.0 Å². The van der Waals surface area contributed by atoms with Gasteiger partial charge in [-0.05, 0) is 57.9 Å². The molecule has 200 valence electrons. The highest BCUT2D eigenvalue weighted by atomic mass is 32.2. The molecule has 0 saturated carbocycles. The average molecular weight is 559 g/mol. The van der Waals surface area contributed by atoms with E-state index in [1.165, 1.54) is 24.3 Å². The van der Waals surface area contributed by atoms with Crippen molar-refractivity contribution >= 4 is 31.9 Å². The minimum atomic E-state index is -4.26. The Balaban J connectivity index is 1.62. The summed E-state index contributed by atoms with van der Waals surface area (Å²) in [5.41, 5.74) is 0.315. The van der Waals surface area contributed by atoms with Crippen LogP contribution < -0.4 is 15.0 Å². The summed E-state index contributed by atoms with van der Waals surface area (Å²) in [5, 5.41) is 0. The van der Waals surface area contributed by atoms with Gasteiger partial charge < -0.3 is 0 Å². The number of amides is 2. The summed E-state index contributed by atoms with van der Waals surface area (Å²) >= 11 is 0. The maximum absolute atomic E-state index is 13.3. The third-order valence-corrected chi connectivity index (χ3v) is 9.04. The van der Waals surface area contributed by atoms with Crippen LogP contribution in [0, 0.1) is 13.8 Å². The molecule has 2 unspecified atom stereocenters. The van der Waals surface area contributed by atoms with E-state index in [0.29, 0.717) is 6.42 Å². The lowest BCUT2D eigenvalue weighted by atomic mass is 9.93. The zero-order valence-electron chi connectivity index (χ0n) is 20.8. The molecule has 0 aliphatic carbocycles. The van der Waals surface area contributed by atoms with Gasteiger partial charge in [-0.2, -0.15) is 0 Å². The summed E-state index contributed by atoms with van der Waals surface area (Å²) < 4.78 is 55.8. The van der Waals surface area contributed by atoms with Crippen LogP contribution in [0.2, 0.25) is 0 Å². The van der Waals surface area contributed by atoms with Gasteiger partial charge in [-0.25, -0.2) is 31.3 Å². The van der Waals surface area contributed by atoms with Gasteiger partial charge >= 0.3 is 0 Å². The topological polar surface area (TPSA) is 161 Å². The van der Waals surface area contributed by atoms with E-state index in [-0.39, 0.29) is 22.0 Å². The Kier molecular flexibility index (Phi) is 7.26. The molecule has 2 amide bonds. The fourth-order valence-corrected chi connectivity index (χ4v) is 6.15. The molecule has 1 aliphatic rings. The number of nitrogens with one attached hydrogen (secondary N) is 2. The Morgan fingerprint density at radius 2 is 1.34 bits per heavy atom. The average Bonchev–Trinajstić information content (AvgIpc) is 2.84. The van der Waals surface area contributed by atoms with Gasteiger partial charge in [-0.15, -0.1) is 0 Å². The molecule has 13 heteroatoms. The van der Waals surface area contributed by atoms with Crippen molar-refractivity contribution in [3.63, 3.8) is 0 Å². The van der Waals surface area contributed by atoms with Crippen molar-refractivity contribution in [1.29, 1.82) is 0 Å². The first kappa shape index (κ1) is 27.2. The summed E-state index contributed by atoms with van der Waals surface area (Å²) in [4.78, 5) is 43.0. The fraction of sp³-hybridized carbons (Fsp3) is 0.280. The van der Waals surface area contributed by atoms with Gasteiger partial charge in [0, 0.05) is 12.2 Å². The number of nitrogens with zero attached hydrogens (tertiary/aromatic N) is 2. The second-order valence-corrected chi connectivity index (χ2v) is 12.6. The first-order valence-electron chi connectivity index (χ1n) is 11.7.